The Morgan fingerprint density at radius 3 is 2.53 bits per heavy atom. The fourth-order valence-electron chi connectivity index (χ4n) is 3.73. The Hall–Kier alpha value is -0.570. The predicted octanol–water partition coefficient (Wildman–Crippen LogP) is 3.15. The minimum absolute atomic E-state index is 0.0578. The Morgan fingerprint density at radius 2 is 2.00 bits per heavy atom. The topological polar surface area (TPSA) is 32.3 Å². The van der Waals surface area contributed by atoms with E-state index < -0.39 is 0 Å². The van der Waals surface area contributed by atoms with Gasteiger partial charge in [-0.3, -0.25) is 10.1 Å². The molecule has 110 valence electrons. The van der Waals surface area contributed by atoms with Crippen molar-refractivity contribution in [1.29, 1.82) is 0 Å². The van der Waals surface area contributed by atoms with Gasteiger partial charge in [0.2, 0.25) is 5.91 Å². The molecule has 19 heavy (non-hydrogen) atoms. The maximum absolute atomic E-state index is 12.6. The molecule has 0 radical (unpaired) electrons. The quantitative estimate of drug-likeness (QED) is 0.829. The number of carbonyl (C=O) groups is 1. The lowest BCUT2D eigenvalue weighted by atomic mass is 9.87. The van der Waals surface area contributed by atoms with Gasteiger partial charge in [0.05, 0.1) is 12.2 Å². The fourth-order valence-corrected chi connectivity index (χ4v) is 3.73. The average molecular weight is 266 g/mol. The molecule has 2 aliphatic rings. The van der Waals surface area contributed by atoms with Crippen LogP contribution < -0.4 is 5.32 Å². The van der Waals surface area contributed by atoms with Crippen molar-refractivity contribution in [2.45, 2.75) is 78.4 Å². The molecule has 0 aromatic heterocycles. The second-order valence-corrected chi connectivity index (χ2v) is 7.18. The molecule has 2 fully saturated rings. The van der Waals surface area contributed by atoms with E-state index in [1.54, 1.807) is 0 Å². The summed E-state index contributed by atoms with van der Waals surface area (Å²) in [6.07, 6.45) is 7.49. The molecule has 0 bridgehead atoms. The largest absolute Gasteiger partial charge is 0.325 e. The van der Waals surface area contributed by atoms with Gasteiger partial charge >= 0.3 is 0 Å². The molecule has 2 atom stereocenters. The van der Waals surface area contributed by atoms with Crippen LogP contribution in [0.15, 0.2) is 0 Å². The van der Waals surface area contributed by atoms with Crippen LogP contribution in [0.2, 0.25) is 0 Å². The van der Waals surface area contributed by atoms with E-state index in [9.17, 15) is 4.79 Å². The minimum Gasteiger partial charge on any atom is -0.325 e. The van der Waals surface area contributed by atoms with Gasteiger partial charge < -0.3 is 4.90 Å². The number of hydrogen-bond acceptors (Lipinski definition) is 2. The highest BCUT2D eigenvalue weighted by Gasteiger charge is 2.43. The summed E-state index contributed by atoms with van der Waals surface area (Å²) in [5.41, 5.74) is 0.353. The number of rotatable bonds is 5. The van der Waals surface area contributed by atoms with Gasteiger partial charge in [-0.05, 0) is 30.6 Å². The number of hydrogen-bond donors (Lipinski definition) is 1. The van der Waals surface area contributed by atoms with Crippen LogP contribution in [0.5, 0.6) is 0 Å². The Kier molecular flexibility index (Phi) is 4.54. The van der Waals surface area contributed by atoms with E-state index in [4.69, 9.17) is 0 Å². The van der Waals surface area contributed by atoms with Crippen LogP contribution in [0.1, 0.15) is 66.2 Å². The third-order valence-corrected chi connectivity index (χ3v) is 4.86. The molecule has 1 amide bonds. The van der Waals surface area contributed by atoms with Crippen molar-refractivity contribution in [1.82, 2.24) is 10.2 Å². The van der Waals surface area contributed by atoms with Crippen molar-refractivity contribution in [2.75, 3.05) is 6.54 Å². The Morgan fingerprint density at radius 1 is 1.37 bits per heavy atom. The van der Waals surface area contributed by atoms with E-state index in [1.165, 1.54) is 25.7 Å². The van der Waals surface area contributed by atoms with Crippen LogP contribution in [-0.4, -0.2) is 29.6 Å². The van der Waals surface area contributed by atoms with Gasteiger partial charge in [-0.1, -0.05) is 47.0 Å². The van der Waals surface area contributed by atoms with Crippen LogP contribution in [-0.2, 0) is 4.79 Å². The van der Waals surface area contributed by atoms with Gasteiger partial charge in [0.15, 0.2) is 0 Å². The maximum atomic E-state index is 12.6. The molecule has 3 heteroatoms. The first-order valence-corrected chi connectivity index (χ1v) is 8.03. The average Bonchev–Trinajstić information content (AvgIpc) is 2.89. The molecule has 1 aliphatic carbocycles. The van der Waals surface area contributed by atoms with Gasteiger partial charge in [-0.15, -0.1) is 0 Å². The summed E-state index contributed by atoms with van der Waals surface area (Å²) >= 11 is 0. The molecular weight excluding hydrogens is 236 g/mol. The molecular formula is C16H30N2O. The van der Waals surface area contributed by atoms with E-state index in [-0.39, 0.29) is 12.2 Å². The highest BCUT2D eigenvalue weighted by Crippen LogP contribution is 2.39. The van der Waals surface area contributed by atoms with Crippen LogP contribution in [0.25, 0.3) is 0 Å². The lowest BCUT2D eigenvalue weighted by Gasteiger charge is -2.34. The zero-order chi connectivity index (χ0) is 14.0. The van der Waals surface area contributed by atoms with Crippen molar-refractivity contribution in [2.24, 2.45) is 11.3 Å². The first-order valence-electron chi connectivity index (χ1n) is 8.03. The van der Waals surface area contributed by atoms with Crippen LogP contribution >= 0.6 is 0 Å². The van der Waals surface area contributed by atoms with Crippen LogP contribution in [0, 0.1) is 11.3 Å². The molecule has 0 spiro atoms. The second kappa shape index (κ2) is 5.82. The molecule has 2 rings (SSSR count). The molecule has 0 aromatic rings. The molecule has 1 heterocycles. The monoisotopic (exact) mass is 266 g/mol. The number of nitrogens with zero attached hydrogens (tertiary/aromatic N) is 1. The van der Waals surface area contributed by atoms with Gasteiger partial charge in [0.25, 0.3) is 0 Å². The normalized spacial score (nSPS) is 30.6. The number of carbonyl (C=O) groups excluding carboxylic acids is 1. The van der Waals surface area contributed by atoms with Crippen molar-refractivity contribution in [3.05, 3.63) is 0 Å². The minimum atomic E-state index is 0.0578. The summed E-state index contributed by atoms with van der Waals surface area (Å²) in [5.74, 6) is 0.824. The first kappa shape index (κ1) is 14.8. The number of amides is 1. The Labute approximate surface area is 118 Å². The van der Waals surface area contributed by atoms with Crippen LogP contribution in [0.4, 0.5) is 0 Å². The predicted molar refractivity (Wildman–Crippen MR) is 78.7 cm³/mol. The Bertz CT molecular complexity index is 321. The molecule has 1 N–H and O–H groups in total. The van der Waals surface area contributed by atoms with E-state index in [0.717, 1.165) is 19.4 Å². The molecule has 1 aliphatic heterocycles. The molecule has 1 saturated carbocycles. The van der Waals surface area contributed by atoms with E-state index >= 15 is 0 Å². The fraction of sp³-hybridized carbons (Fsp3) is 0.938. The molecule has 1 saturated heterocycles. The smallest absolute Gasteiger partial charge is 0.241 e. The summed E-state index contributed by atoms with van der Waals surface area (Å²) in [5, 5.41) is 3.56. The summed E-state index contributed by atoms with van der Waals surface area (Å²) in [7, 11) is 0. The lowest BCUT2D eigenvalue weighted by molar-refractivity contribution is -0.132. The summed E-state index contributed by atoms with van der Waals surface area (Å²) in [4.78, 5) is 14.8. The zero-order valence-corrected chi connectivity index (χ0v) is 13.0. The second-order valence-electron chi connectivity index (χ2n) is 7.18. The molecule has 0 aromatic carbocycles. The third kappa shape index (κ3) is 3.13. The van der Waals surface area contributed by atoms with E-state index in [1.807, 2.05) is 0 Å². The van der Waals surface area contributed by atoms with E-state index in [0.29, 0.717) is 17.2 Å². The van der Waals surface area contributed by atoms with Crippen molar-refractivity contribution >= 4 is 5.91 Å². The highest BCUT2D eigenvalue weighted by molar-refractivity contribution is 5.84. The maximum Gasteiger partial charge on any atom is 0.241 e. The van der Waals surface area contributed by atoms with Gasteiger partial charge in [-0.2, -0.15) is 0 Å². The van der Waals surface area contributed by atoms with Gasteiger partial charge in [-0.25, -0.2) is 0 Å². The third-order valence-electron chi connectivity index (χ3n) is 4.86. The molecule has 3 nitrogen and oxygen atoms in total. The zero-order valence-electron chi connectivity index (χ0n) is 13.0. The SMILES string of the molecule is CCCC1NC(C(C)C)N(CC2(C)CCCC2)C1=O. The van der Waals surface area contributed by atoms with Gasteiger partial charge in [0.1, 0.15) is 0 Å². The highest BCUT2D eigenvalue weighted by atomic mass is 16.2. The van der Waals surface area contributed by atoms with Crippen molar-refractivity contribution < 1.29 is 4.79 Å². The number of nitrogens with one attached hydrogen (secondary N) is 1. The van der Waals surface area contributed by atoms with Crippen molar-refractivity contribution in [3.63, 3.8) is 0 Å². The summed E-state index contributed by atoms with van der Waals surface area (Å²) in [6, 6.07) is 0.0578. The van der Waals surface area contributed by atoms with Gasteiger partial charge in [0, 0.05) is 6.54 Å². The molecule has 2 unspecified atom stereocenters. The summed E-state index contributed by atoms with van der Waals surface area (Å²) in [6.45, 7) is 9.88. The first-order chi connectivity index (χ1) is 8.97. The van der Waals surface area contributed by atoms with Crippen molar-refractivity contribution in [3.8, 4) is 0 Å². The van der Waals surface area contributed by atoms with Crippen LogP contribution in [0.3, 0.4) is 0 Å². The standard InChI is InChI=1S/C16H30N2O/c1-5-8-13-15(19)18(14(17-13)12(2)3)11-16(4)9-6-7-10-16/h12-14,17H,5-11H2,1-4H3. The lowest BCUT2D eigenvalue weighted by Crippen LogP contribution is -2.45. The van der Waals surface area contributed by atoms with E-state index in [2.05, 4.69) is 37.9 Å². The summed E-state index contributed by atoms with van der Waals surface area (Å²) < 4.78 is 0. The Balaban J connectivity index is 2.08.